The molecular weight excluding hydrogens is 268 g/mol. The first-order valence-corrected chi connectivity index (χ1v) is 6.97. The fourth-order valence-corrected chi connectivity index (χ4v) is 2.15. The lowest BCUT2D eigenvalue weighted by atomic mass is 10.1. The molecule has 2 aromatic rings. The molecule has 21 heavy (non-hydrogen) atoms. The molecule has 1 aromatic carbocycles. The van der Waals surface area contributed by atoms with Crippen molar-refractivity contribution in [2.75, 3.05) is 32.5 Å². The summed E-state index contributed by atoms with van der Waals surface area (Å²) in [6.07, 6.45) is 2.02. The van der Waals surface area contributed by atoms with Crippen molar-refractivity contribution in [1.82, 2.24) is 15.1 Å². The van der Waals surface area contributed by atoms with Crippen LogP contribution in [0.25, 0.3) is 10.9 Å². The van der Waals surface area contributed by atoms with Crippen molar-refractivity contribution in [2.24, 2.45) is 0 Å². The number of rotatable bonds is 7. The molecule has 0 radical (unpaired) electrons. The highest BCUT2D eigenvalue weighted by Crippen LogP contribution is 2.24. The largest absolute Gasteiger partial charge is 0.476 e. The Morgan fingerprint density at radius 1 is 1.24 bits per heavy atom. The van der Waals surface area contributed by atoms with Crippen molar-refractivity contribution >= 4 is 22.6 Å². The second kappa shape index (κ2) is 6.99. The predicted octanol–water partition coefficient (Wildman–Crippen LogP) is 2.08. The number of hydrogen-bond donors (Lipinski definition) is 2. The second-order valence-corrected chi connectivity index (χ2v) is 5.18. The van der Waals surface area contributed by atoms with Gasteiger partial charge in [0, 0.05) is 11.9 Å². The Morgan fingerprint density at radius 2 is 2.00 bits per heavy atom. The maximum Gasteiger partial charge on any atom is 0.358 e. The molecule has 0 saturated carbocycles. The molecular formula is C15H20N4O2. The number of nitrogens with zero attached hydrogens (tertiary/aromatic N) is 3. The summed E-state index contributed by atoms with van der Waals surface area (Å²) < 4.78 is 0. The maximum atomic E-state index is 11.3. The summed E-state index contributed by atoms with van der Waals surface area (Å²) in [5.41, 5.74) is 1.22. The van der Waals surface area contributed by atoms with E-state index in [0.717, 1.165) is 24.8 Å². The Balaban J connectivity index is 2.16. The SMILES string of the molecule is CN(C)CCCCNc1c(C(=O)O)nnc2ccccc12. The zero-order chi connectivity index (χ0) is 15.2. The molecule has 0 fully saturated rings. The Labute approximate surface area is 123 Å². The van der Waals surface area contributed by atoms with Gasteiger partial charge in [-0.3, -0.25) is 0 Å². The van der Waals surface area contributed by atoms with Gasteiger partial charge in [-0.05, 0) is 39.5 Å². The Morgan fingerprint density at radius 3 is 2.71 bits per heavy atom. The highest BCUT2D eigenvalue weighted by Gasteiger charge is 2.15. The van der Waals surface area contributed by atoms with Gasteiger partial charge in [0.1, 0.15) is 0 Å². The van der Waals surface area contributed by atoms with Crippen LogP contribution in [0.4, 0.5) is 5.69 Å². The van der Waals surface area contributed by atoms with Gasteiger partial charge < -0.3 is 15.3 Å². The van der Waals surface area contributed by atoms with Gasteiger partial charge in [-0.25, -0.2) is 4.79 Å². The summed E-state index contributed by atoms with van der Waals surface area (Å²) in [5.74, 6) is -1.07. The maximum absolute atomic E-state index is 11.3. The minimum atomic E-state index is -1.07. The highest BCUT2D eigenvalue weighted by molar-refractivity contribution is 6.02. The quantitative estimate of drug-likeness (QED) is 0.759. The molecule has 2 N–H and O–H groups in total. The van der Waals surface area contributed by atoms with E-state index in [1.165, 1.54) is 0 Å². The monoisotopic (exact) mass is 288 g/mol. The third-order valence-corrected chi connectivity index (χ3v) is 3.20. The number of fused-ring (bicyclic) bond motifs is 1. The van der Waals surface area contributed by atoms with Crippen molar-refractivity contribution in [1.29, 1.82) is 0 Å². The number of benzene rings is 1. The zero-order valence-electron chi connectivity index (χ0n) is 12.3. The lowest BCUT2D eigenvalue weighted by Crippen LogP contribution is -2.15. The van der Waals surface area contributed by atoms with Crippen LogP contribution in [0.1, 0.15) is 23.3 Å². The smallest absolute Gasteiger partial charge is 0.358 e. The summed E-state index contributed by atoms with van der Waals surface area (Å²) in [6.45, 7) is 1.73. The summed E-state index contributed by atoms with van der Waals surface area (Å²) in [4.78, 5) is 13.4. The molecule has 0 aliphatic carbocycles. The van der Waals surface area contributed by atoms with Crippen molar-refractivity contribution in [3.05, 3.63) is 30.0 Å². The molecule has 0 atom stereocenters. The normalized spacial score (nSPS) is 11.0. The van der Waals surface area contributed by atoms with E-state index >= 15 is 0 Å². The Kier molecular flexibility index (Phi) is 5.05. The molecule has 0 unspecified atom stereocenters. The van der Waals surface area contributed by atoms with Crippen LogP contribution in [0, 0.1) is 0 Å². The van der Waals surface area contributed by atoms with Crippen molar-refractivity contribution in [2.45, 2.75) is 12.8 Å². The molecule has 112 valence electrons. The molecule has 2 rings (SSSR count). The summed E-state index contributed by atoms with van der Waals surface area (Å²) >= 11 is 0. The first-order chi connectivity index (χ1) is 10.1. The van der Waals surface area contributed by atoms with Crippen LogP contribution in [0.15, 0.2) is 24.3 Å². The highest BCUT2D eigenvalue weighted by atomic mass is 16.4. The van der Waals surface area contributed by atoms with Gasteiger partial charge in [0.25, 0.3) is 0 Å². The first-order valence-electron chi connectivity index (χ1n) is 6.97. The van der Waals surface area contributed by atoms with Gasteiger partial charge in [0.05, 0.1) is 11.2 Å². The van der Waals surface area contributed by atoms with Crippen LogP contribution in [-0.2, 0) is 0 Å². The number of nitrogens with one attached hydrogen (secondary N) is 1. The fourth-order valence-electron chi connectivity index (χ4n) is 2.15. The standard InChI is InChI=1S/C15H20N4O2/c1-19(2)10-6-5-9-16-13-11-7-3-4-8-12(11)17-18-14(13)15(20)21/h3-4,7-8H,5-6,9-10H2,1-2H3,(H,16,17)(H,20,21). The number of carbonyl (C=O) groups is 1. The van der Waals surface area contributed by atoms with Crippen molar-refractivity contribution in [3.8, 4) is 0 Å². The van der Waals surface area contributed by atoms with E-state index in [2.05, 4.69) is 20.4 Å². The lowest BCUT2D eigenvalue weighted by molar-refractivity contribution is 0.0690. The predicted molar refractivity (Wildman–Crippen MR) is 82.8 cm³/mol. The van der Waals surface area contributed by atoms with E-state index in [4.69, 9.17) is 0 Å². The molecule has 0 spiro atoms. The van der Waals surface area contributed by atoms with Crippen molar-refractivity contribution < 1.29 is 9.90 Å². The van der Waals surface area contributed by atoms with E-state index < -0.39 is 5.97 Å². The molecule has 0 aliphatic heterocycles. The first kappa shape index (κ1) is 15.2. The summed E-state index contributed by atoms with van der Waals surface area (Å²) in [6, 6.07) is 7.41. The minimum Gasteiger partial charge on any atom is -0.476 e. The molecule has 6 nitrogen and oxygen atoms in total. The Hall–Kier alpha value is -2.21. The van der Waals surface area contributed by atoms with E-state index in [-0.39, 0.29) is 5.69 Å². The summed E-state index contributed by atoms with van der Waals surface area (Å²) in [5, 5.41) is 21.0. The number of carboxylic acid groups (broad SMARTS) is 1. The van der Waals surface area contributed by atoms with E-state index in [1.54, 1.807) is 0 Å². The molecule has 0 saturated heterocycles. The van der Waals surface area contributed by atoms with Crippen LogP contribution in [-0.4, -0.2) is 53.4 Å². The topological polar surface area (TPSA) is 78.4 Å². The third-order valence-electron chi connectivity index (χ3n) is 3.20. The number of unbranched alkanes of at least 4 members (excludes halogenated alkanes) is 1. The average Bonchev–Trinajstić information content (AvgIpc) is 2.46. The molecule has 6 heteroatoms. The Bertz CT molecular complexity index is 628. The molecule has 0 amide bonds. The van der Waals surface area contributed by atoms with E-state index in [1.807, 2.05) is 38.4 Å². The fraction of sp³-hybridized carbons (Fsp3) is 0.400. The molecule has 1 heterocycles. The van der Waals surface area contributed by atoms with Crippen molar-refractivity contribution in [3.63, 3.8) is 0 Å². The van der Waals surface area contributed by atoms with Crippen LogP contribution in [0.3, 0.4) is 0 Å². The van der Waals surface area contributed by atoms with Gasteiger partial charge in [0.15, 0.2) is 5.69 Å². The molecule has 0 aliphatic rings. The third kappa shape index (κ3) is 3.88. The van der Waals surface area contributed by atoms with Crippen LogP contribution in [0.5, 0.6) is 0 Å². The van der Waals surface area contributed by atoms with E-state index in [9.17, 15) is 9.90 Å². The number of aromatic nitrogens is 2. The van der Waals surface area contributed by atoms with Gasteiger partial charge in [-0.1, -0.05) is 18.2 Å². The average molecular weight is 288 g/mol. The number of anilines is 1. The molecule has 0 bridgehead atoms. The van der Waals surface area contributed by atoms with Gasteiger partial charge in [-0.15, -0.1) is 10.2 Å². The van der Waals surface area contributed by atoms with Gasteiger partial charge in [-0.2, -0.15) is 0 Å². The lowest BCUT2D eigenvalue weighted by Gasteiger charge is -2.12. The van der Waals surface area contributed by atoms with E-state index in [0.29, 0.717) is 17.7 Å². The van der Waals surface area contributed by atoms with Gasteiger partial charge in [0.2, 0.25) is 0 Å². The van der Waals surface area contributed by atoms with Crippen LogP contribution < -0.4 is 5.32 Å². The van der Waals surface area contributed by atoms with Crippen LogP contribution >= 0.6 is 0 Å². The minimum absolute atomic E-state index is 0.0266. The summed E-state index contributed by atoms with van der Waals surface area (Å²) in [7, 11) is 4.08. The number of carboxylic acids is 1. The zero-order valence-corrected chi connectivity index (χ0v) is 12.3. The second-order valence-electron chi connectivity index (χ2n) is 5.18. The number of hydrogen-bond acceptors (Lipinski definition) is 5. The van der Waals surface area contributed by atoms with Crippen LogP contribution in [0.2, 0.25) is 0 Å². The van der Waals surface area contributed by atoms with Gasteiger partial charge >= 0.3 is 5.97 Å². The molecule has 1 aromatic heterocycles. The number of aromatic carboxylic acids is 1.